The molecule has 16 heavy (non-hydrogen) atoms. The zero-order valence-electron chi connectivity index (χ0n) is 10.1. The van der Waals surface area contributed by atoms with Crippen molar-refractivity contribution in [2.24, 2.45) is 7.05 Å². The maximum Gasteiger partial charge on any atom is 0.317 e. The number of hydrogen-bond acceptors (Lipinski definition) is 2. The molecular formula is C11H18N4O. The van der Waals surface area contributed by atoms with Crippen LogP contribution in [0, 0.1) is 13.8 Å². The highest BCUT2D eigenvalue weighted by Gasteiger charge is 2.20. The third kappa shape index (κ3) is 1.89. The van der Waals surface area contributed by atoms with Gasteiger partial charge in [0.2, 0.25) is 0 Å². The number of carbonyl (C=O) groups is 1. The van der Waals surface area contributed by atoms with E-state index in [1.54, 1.807) is 0 Å². The van der Waals surface area contributed by atoms with Gasteiger partial charge in [0, 0.05) is 31.4 Å². The third-order valence-electron chi connectivity index (χ3n) is 3.18. The van der Waals surface area contributed by atoms with Crippen LogP contribution >= 0.6 is 0 Å². The van der Waals surface area contributed by atoms with Gasteiger partial charge in [0.1, 0.15) is 0 Å². The van der Waals surface area contributed by atoms with Crippen LogP contribution in [0.4, 0.5) is 4.79 Å². The minimum atomic E-state index is 0.0360. The monoisotopic (exact) mass is 222 g/mol. The minimum absolute atomic E-state index is 0.0360. The molecule has 0 radical (unpaired) electrons. The molecule has 2 heterocycles. The Kier molecular flexibility index (Phi) is 2.85. The van der Waals surface area contributed by atoms with Gasteiger partial charge in [-0.3, -0.25) is 4.68 Å². The number of aryl methyl sites for hydroxylation is 2. The van der Waals surface area contributed by atoms with Crippen molar-refractivity contribution in [2.75, 3.05) is 13.1 Å². The molecule has 2 rings (SSSR count). The molecule has 1 aliphatic heterocycles. The molecule has 2 amide bonds. The zero-order valence-corrected chi connectivity index (χ0v) is 10.1. The number of nitrogens with zero attached hydrogens (tertiary/aromatic N) is 3. The van der Waals surface area contributed by atoms with E-state index in [0.29, 0.717) is 6.54 Å². The maximum absolute atomic E-state index is 11.6. The first-order chi connectivity index (χ1) is 7.59. The summed E-state index contributed by atoms with van der Waals surface area (Å²) in [5.41, 5.74) is 3.31. The minimum Gasteiger partial charge on any atom is -0.338 e. The molecule has 5 nitrogen and oxygen atoms in total. The molecular weight excluding hydrogens is 204 g/mol. The number of nitrogens with one attached hydrogen (secondary N) is 1. The summed E-state index contributed by atoms with van der Waals surface area (Å²) in [6.07, 6.45) is 1.02. The lowest BCUT2D eigenvalue weighted by atomic mass is 10.1. The SMILES string of the molecule is Cc1nn(C)c(C)c1CN1CCCNC1=O. The fourth-order valence-electron chi connectivity index (χ4n) is 2.07. The van der Waals surface area contributed by atoms with Crippen LogP contribution in [0.3, 0.4) is 0 Å². The van der Waals surface area contributed by atoms with E-state index in [2.05, 4.69) is 10.4 Å². The molecule has 1 fully saturated rings. The number of urea groups is 1. The standard InChI is InChI=1S/C11H18N4O/c1-8-10(9(2)14(3)13-8)7-15-6-4-5-12-11(15)16/h4-7H2,1-3H3,(H,12,16). The van der Waals surface area contributed by atoms with Gasteiger partial charge in [-0.25, -0.2) is 4.79 Å². The number of amides is 2. The van der Waals surface area contributed by atoms with Gasteiger partial charge in [-0.15, -0.1) is 0 Å². The quantitative estimate of drug-likeness (QED) is 0.810. The Labute approximate surface area is 95.4 Å². The Morgan fingerprint density at radius 3 is 2.75 bits per heavy atom. The molecule has 88 valence electrons. The summed E-state index contributed by atoms with van der Waals surface area (Å²) >= 11 is 0. The molecule has 1 saturated heterocycles. The highest BCUT2D eigenvalue weighted by molar-refractivity contribution is 5.74. The van der Waals surface area contributed by atoms with Crippen LogP contribution in [0.5, 0.6) is 0 Å². The third-order valence-corrected chi connectivity index (χ3v) is 3.18. The second kappa shape index (κ2) is 4.15. The molecule has 0 unspecified atom stereocenters. The van der Waals surface area contributed by atoms with Crippen molar-refractivity contribution in [3.63, 3.8) is 0 Å². The Morgan fingerprint density at radius 1 is 1.44 bits per heavy atom. The van der Waals surface area contributed by atoms with Crippen molar-refractivity contribution >= 4 is 6.03 Å². The number of rotatable bonds is 2. The molecule has 1 aromatic rings. The van der Waals surface area contributed by atoms with Gasteiger partial charge in [0.15, 0.2) is 0 Å². The topological polar surface area (TPSA) is 50.2 Å². The van der Waals surface area contributed by atoms with Crippen molar-refractivity contribution in [2.45, 2.75) is 26.8 Å². The Hall–Kier alpha value is -1.52. The van der Waals surface area contributed by atoms with E-state index in [-0.39, 0.29) is 6.03 Å². The van der Waals surface area contributed by atoms with E-state index in [4.69, 9.17) is 0 Å². The van der Waals surface area contributed by atoms with Crippen LogP contribution in [0.2, 0.25) is 0 Å². The summed E-state index contributed by atoms with van der Waals surface area (Å²) < 4.78 is 1.87. The number of carbonyl (C=O) groups excluding carboxylic acids is 1. The number of aromatic nitrogens is 2. The van der Waals surface area contributed by atoms with E-state index in [0.717, 1.165) is 30.9 Å². The molecule has 0 saturated carbocycles. The fourth-order valence-corrected chi connectivity index (χ4v) is 2.07. The largest absolute Gasteiger partial charge is 0.338 e. The van der Waals surface area contributed by atoms with Gasteiger partial charge in [0.05, 0.1) is 12.2 Å². The van der Waals surface area contributed by atoms with Crippen molar-refractivity contribution < 1.29 is 4.79 Å². The van der Waals surface area contributed by atoms with Crippen molar-refractivity contribution in [3.05, 3.63) is 17.0 Å². The first kappa shape index (κ1) is 11.0. The van der Waals surface area contributed by atoms with Gasteiger partial charge >= 0.3 is 6.03 Å². The average molecular weight is 222 g/mol. The molecule has 1 aromatic heterocycles. The van der Waals surface area contributed by atoms with E-state index >= 15 is 0 Å². The summed E-state index contributed by atoms with van der Waals surface area (Å²) in [5.74, 6) is 0. The molecule has 0 atom stereocenters. The molecule has 1 aliphatic rings. The van der Waals surface area contributed by atoms with Gasteiger partial charge in [-0.1, -0.05) is 0 Å². The molecule has 0 aliphatic carbocycles. The lowest BCUT2D eigenvalue weighted by Gasteiger charge is -2.27. The lowest BCUT2D eigenvalue weighted by molar-refractivity contribution is 0.183. The highest BCUT2D eigenvalue weighted by atomic mass is 16.2. The zero-order chi connectivity index (χ0) is 11.7. The molecule has 0 spiro atoms. The smallest absolute Gasteiger partial charge is 0.317 e. The van der Waals surface area contributed by atoms with Crippen LogP contribution < -0.4 is 5.32 Å². The summed E-state index contributed by atoms with van der Waals surface area (Å²) in [7, 11) is 1.93. The van der Waals surface area contributed by atoms with Crippen LogP contribution in [0.1, 0.15) is 23.4 Å². The van der Waals surface area contributed by atoms with Gasteiger partial charge in [0.25, 0.3) is 0 Å². The van der Waals surface area contributed by atoms with Gasteiger partial charge in [-0.2, -0.15) is 5.10 Å². The molecule has 0 bridgehead atoms. The van der Waals surface area contributed by atoms with Crippen molar-refractivity contribution in [1.82, 2.24) is 20.0 Å². The van der Waals surface area contributed by atoms with Crippen LogP contribution in [-0.4, -0.2) is 33.8 Å². The maximum atomic E-state index is 11.6. The Bertz CT molecular complexity index is 410. The first-order valence-electron chi connectivity index (χ1n) is 5.61. The summed E-state index contributed by atoms with van der Waals surface area (Å²) in [4.78, 5) is 13.5. The van der Waals surface area contributed by atoms with Gasteiger partial charge in [-0.05, 0) is 20.3 Å². The molecule has 5 heteroatoms. The van der Waals surface area contributed by atoms with Gasteiger partial charge < -0.3 is 10.2 Å². The highest BCUT2D eigenvalue weighted by Crippen LogP contribution is 2.15. The predicted molar refractivity (Wildman–Crippen MR) is 61.1 cm³/mol. The predicted octanol–water partition coefficient (Wildman–Crippen LogP) is 0.952. The summed E-state index contributed by atoms with van der Waals surface area (Å²) in [6, 6.07) is 0.0360. The van der Waals surface area contributed by atoms with Crippen LogP contribution in [0.15, 0.2) is 0 Å². The van der Waals surface area contributed by atoms with E-state index in [1.165, 1.54) is 5.56 Å². The van der Waals surface area contributed by atoms with Crippen molar-refractivity contribution in [3.8, 4) is 0 Å². The van der Waals surface area contributed by atoms with E-state index in [1.807, 2.05) is 30.5 Å². The molecule has 1 N–H and O–H groups in total. The van der Waals surface area contributed by atoms with Crippen LogP contribution in [0.25, 0.3) is 0 Å². The second-order valence-electron chi connectivity index (χ2n) is 4.28. The first-order valence-corrected chi connectivity index (χ1v) is 5.61. The Morgan fingerprint density at radius 2 is 2.19 bits per heavy atom. The lowest BCUT2D eigenvalue weighted by Crippen LogP contribution is -2.45. The van der Waals surface area contributed by atoms with Crippen LogP contribution in [-0.2, 0) is 13.6 Å². The second-order valence-corrected chi connectivity index (χ2v) is 4.28. The van der Waals surface area contributed by atoms with E-state index < -0.39 is 0 Å². The fraction of sp³-hybridized carbons (Fsp3) is 0.636. The average Bonchev–Trinajstić information content (AvgIpc) is 2.48. The molecule has 0 aromatic carbocycles. The summed E-state index contributed by atoms with van der Waals surface area (Å²) in [5, 5.41) is 7.22. The van der Waals surface area contributed by atoms with E-state index in [9.17, 15) is 4.79 Å². The normalized spacial score (nSPS) is 16.4. The Balaban J connectivity index is 2.16. The van der Waals surface area contributed by atoms with Crippen molar-refractivity contribution in [1.29, 1.82) is 0 Å². The summed E-state index contributed by atoms with van der Waals surface area (Å²) in [6.45, 7) is 6.32. The number of hydrogen-bond donors (Lipinski definition) is 1.